The fraction of sp³-hybridized carbons (Fsp3) is 0.375. The number of nitrogens with zero attached hydrogens (tertiary/aromatic N) is 3. The first-order chi connectivity index (χ1) is 11.3. The van der Waals surface area contributed by atoms with Gasteiger partial charge in [-0.1, -0.05) is 0 Å². The minimum atomic E-state index is -4.38. The summed E-state index contributed by atoms with van der Waals surface area (Å²) in [6.07, 6.45) is -4.38. The van der Waals surface area contributed by atoms with E-state index in [2.05, 4.69) is 4.99 Å². The molecule has 0 spiro atoms. The Kier molecular flexibility index (Phi) is 5.48. The molecular formula is C16H18F3N3OS. The Morgan fingerprint density at radius 1 is 1.21 bits per heavy atom. The van der Waals surface area contributed by atoms with Crippen molar-refractivity contribution in [1.82, 2.24) is 9.47 Å². The van der Waals surface area contributed by atoms with Crippen LogP contribution in [0, 0.1) is 6.92 Å². The molecule has 0 aliphatic carbocycles. The summed E-state index contributed by atoms with van der Waals surface area (Å²) < 4.78 is 39.7. The molecule has 2 amide bonds. The Morgan fingerprint density at radius 3 is 2.29 bits per heavy atom. The van der Waals surface area contributed by atoms with Gasteiger partial charge in [0.05, 0.1) is 5.56 Å². The van der Waals surface area contributed by atoms with Gasteiger partial charge < -0.3 is 4.90 Å². The average molecular weight is 357 g/mol. The van der Waals surface area contributed by atoms with Gasteiger partial charge in [0.2, 0.25) is 0 Å². The number of aromatic nitrogens is 1. The minimum Gasteiger partial charge on any atom is -0.323 e. The van der Waals surface area contributed by atoms with Crippen LogP contribution in [0.4, 0.5) is 18.0 Å². The highest BCUT2D eigenvalue weighted by molar-refractivity contribution is 7.07. The fourth-order valence-electron chi connectivity index (χ4n) is 2.23. The van der Waals surface area contributed by atoms with Gasteiger partial charge in [-0.25, -0.2) is 4.79 Å². The minimum absolute atomic E-state index is 0.359. The first-order valence-electron chi connectivity index (χ1n) is 7.46. The van der Waals surface area contributed by atoms with Gasteiger partial charge in [-0.15, -0.1) is 11.3 Å². The Morgan fingerprint density at radius 2 is 1.79 bits per heavy atom. The largest absolute Gasteiger partial charge is 0.416 e. The van der Waals surface area contributed by atoms with Gasteiger partial charge >= 0.3 is 12.2 Å². The third-order valence-corrected chi connectivity index (χ3v) is 4.50. The van der Waals surface area contributed by atoms with Crippen molar-refractivity contribution in [3.8, 4) is 5.69 Å². The number of carbonyl (C=O) groups excluding carboxylic acids is 1. The zero-order valence-electron chi connectivity index (χ0n) is 13.6. The lowest BCUT2D eigenvalue weighted by Gasteiger charge is -2.15. The molecule has 0 atom stereocenters. The summed E-state index contributed by atoms with van der Waals surface area (Å²) in [6, 6.07) is 4.44. The van der Waals surface area contributed by atoms with Crippen LogP contribution in [0.1, 0.15) is 25.1 Å². The van der Waals surface area contributed by atoms with Gasteiger partial charge in [0, 0.05) is 29.9 Å². The van der Waals surface area contributed by atoms with Gasteiger partial charge in [0.1, 0.15) is 0 Å². The number of hydrogen-bond donors (Lipinski definition) is 0. The van der Waals surface area contributed by atoms with Crippen molar-refractivity contribution in [2.24, 2.45) is 4.99 Å². The molecule has 4 nitrogen and oxygen atoms in total. The number of aryl methyl sites for hydroxylation is 1. The van der Waals surface area contributed by atoms with E-state index >= 15 is 0 Å². The summed E-state index contributed by atoms with van der Waals surface area (Å²) in [5.41, 5.74) is 0.621. The van der Waals surface area contributed by atoms with Crippen molar-refractivity contribution < 1.29 is 18.0 Å². The van der Waals surface area contributed by atoms with Crippen LogP contribution in [-0.4, -0.2) is 28.6 Å². The Bertz CT molecular complexity index is 771. The first kappa shape index (κ1) is 18.3. The number of alkyl halides is 3. The van der Waals surface area contributed by atoms with E-state index in [9.17, 15) is 18.0 Å². The molecule has 1 aromatic carbocycles. The van der Waals surface area contributed by atoms with E-state index in [4.69, 9.17) is 0 Å². The van der Waals surface area contributed by atoms with E-state index in [0.29, 0.717) is 23.6 Å². The summed E-state index contributed by atoms with van der Waals surface area (Å²) >= 11 is 1.27. The second kappa shape index (κ2) is 7.21. The number of thiazole rings is 1. The highest BCUT2D eigenvalue weighted by atomic mass is 32.1. The summed E-state index contributed by atoms with van der Waals surface area (Å²) in [4.78, 5) is 18.3. The molecular weight excluding hydrogens is 339 g/mol. The van der Waals surface area contributed by atoms with Crippen LogP contribution < -0.4 is 4.80 Å². The highest BCUT2D eigenvalue weighted by Crippen LogP contribution is 2.29. The zero-order valence-corrected chi connectivity index (χ0v) is 14.4. The van der Waals surface area contributed by atoms with Gasteiger partial charge in [-0.3, -0.25) is 4.57 Å². The predicted octanol–water partition coefficient (Wildman–Crippen LogP) is 4.23. The molecule has 130 valence electrons. The number of rotatable bonds is 3. The molecule has 0 fully saturated rings. The van der Waals surface area contributed by atoms with E-state index in [1.165, 1.54) is 23.5 Å². The topological polar surface area (TPSA) is 37.6 Å². The lowest BCUT2D eigenvalue weighted by molar-refractivity contribution is -0.137. The molecule has 24 heavy (non-hydrogen) atoms. The Hall–Kier alpha value is -2.09. The highest BCUT2D eigenvalue weighted by Gasteiger charge is 2.30. The first-order valence-corrected chi connectivity index (χ1v) is 8.34. The molecule has 0 radical (unpaired) electrons. The molecule has 0 saturated carbocycles. The van der Waals surface area contributed by atoms with Crippen LogP contribution in [0.25, 0.3) is 5.69 Å². The monoisotopic (exact) mass is 357 g/mol. The molecule has 0 aliphatic rings. The fourth-order valence-corrected chi connectivity index (χ4v) is 3.10. The van der Waals surface area contributed by atoms with Crippen molar-refractivity contribution >= 4 is 17.4 Å². The molecule has 1 heterocycles. The molecule has 2 aromatic rings. The van der Waals surface area contributed by atoms with Crippen molar-refractivity contribution in [3.63, 3.8) is 0 Å². The van der Waals surface area contributed by atoms with Crippen LogP contribution >= 0.6 is 11.3 Å². The van der Waals surface area contributed by atoms with Gasteiger partial charge in [-0.2, -0.15) is 18.2 Å². The van der Waals surface area contributed by atoms with E-state index in [1.807, 2.05) is 26.2 Å². The number of halogens is 3. The Labute approximate surface area is 141 Å². The molecule has 0 N–H and O–H groups in total. The summed E-state index contributed by atoms with van der Waals surface area (Å²) in [5.74, 6) is 0. The van der Waals surface area contributed by atoms with Crippen LogP contribution in [0.5, 0.6) is 0 Å². The standard InChI is InChI=1S/C16H18F3N3OS/c1-4-21(5-2)14(23)20-15-22(11(3)10-24-15)13-8-6-12(7-9-13)16(17,18)19/h6-10H,4-5H2,1-3H3. The van der Waals surface area contributed by atoms with Crippen LogP contribution in [-0.2, 0) is 6.18 Å². The lowest BCUT2D eigenvalue weighted by atomic mass is 10.2. The predicted molar refractivity (Wildman–Crippen MR) is 87.3 cm³/mol. The molecule has 0 saturated heterocycles. The summed E-state index contributed by atoms with van der Waals surface area (Å²) in [5, 5.41) is 1.81. The third-order valence-electron chi connectivity index (χ3n) is 3.56. The van der Waals surface area contributed by atoms with E-state index in [-0.39, 0.29) is 6.03 Å². The average Bonchev–Trinajstić information content (AvgIpc) is 2.88. The maximum atomic E-state index is 12.7. The number of urea groups is 1. The van der Waals surface area contributed by atoms with Crippen molar-refractivity contribution in [1.29, 1.82) is 0 Å². The van der Waals surface area contributed by atoms with Crippen molar-refractivity contribution in [2.75, 3.05) is 13.1 Å². The quantitative estimate of drug-likeness (QED) is 0.810. The molecule has 0 bridgehead atoms. The molecule has 0 aliphatic heterocycles. The smallest absolute Gasteiger partial charge is 0.323 e. The number of amides is 2. The SMILES string of the molecule is CCN(CC)C(=O)N=c1scc(C)n1-c1ccc(C(F)(F)F)cc1. The van der Waals surface area contributed by atoms with Crippen LogP contribution in [0.2, 0.25) is 0 Å². The van der Waals surface area contributed by atoms with Gasteiger partial charge in [-0.05, 0) is 45.0 Å². The van der Waals surface area contributed by atoms with Crippen molar-refractivity contribution in [3.05, 3.63) is 45.7 Å². The van der Waals surface area contributed by atoms with Crippen LogP contribution in [0.3, 0.4) is 0 Å². The zero-order chi connectivity index (χ0) is 17.9. The third kappa shape index (κ3) is 3.87. The molecule has 2 rings (SSSR count). The lowest BCUT2D eigenvalue weighted by Crippen LogP contribution is -2.30. The second-order valence-corrected chi connectivity index (χ2v) is 5.94. The van der Waals surface area contributed by atoms with E-state index in [0.717, 1.165) is 17.8 Å². The number of hydrogen-bond acceptors (Lipinski definition) is 2. The number of carbonyl (C=O) groups is 1. The molecule has 8 heteroatoms. The van der Waals surface area contributed by atoms with Gasteiger partial charge in [0.25, 0.3) is 0 Å². The van der Waals surface area contributed by atoms with Crippen LogP contribution in [0.15, 0.2) is 34.6 Å². The normalized spacial score (nSPS) is 12.5. The maximum absolute atomic E-state index is 12.7. The summed E-state index contributed by atoms with van der Waals surface area (Å²) in [6.45, 7) is 6.63. The molecule has 0 unspecified atom stereocenters. The van der Waals surface area contributed by atoms with Gasteiger partial charge in [0.15, 0.2) is 4.80 Å². The molecule has 1 aromatic heterocycles. The maximum Gasteiger partial charge on any atom is 0.416 e. The number of benzene rings is 1. The van der Waals surface area contributed by atoms with E-state index < -0.39 is 11.7 Å². The summed E-state index contributed by atoms with van der Waals surface area (Å²) in [7, 11) is 0. The Balaban J connectivity index is 2.46. The van der Waals surface area contributed by atoms with E-state index in [1.54, 1.807) is 9.47 Å². The van der Waals surface area contributed by atoms with Crippen molar-refractivity contribution in [2.45, 2.75) is 26.9 Å². The second-order valence-electron chi connectivity index (χ2n) is 5.11.